The third-order valence-electron chi connectivity index (χ3n) is 2.20. The Morgan fingerprint density at radius 2 is 2.50 bits per heavy atom. The highest BCUT2D eigenvalue weighted by molar-refractivity contribution is 5.44. The molecule has 0 amide bonds. The van der Waals surface area contributed by atoms with Crippen molar-refractivity contribution in [2.45, 2.75) is 13.0 Å². The van der Waals surface area contributed by atoms with Crippen molar-refractivity contribution in [2.75, 3.05) is 18.9 Å². The number of anilines is 1. The van der Waals surface area contributed by atoms with Gasteiger partial charge in [-0.2, -0.15) is 0 Å². The van der Waals surface area contributed by atoms with Gasteiger partial charge in [-0.15, -0.1) is 0 Å². The van der Waals surface area contributed by atoms with Gasteiger partial charge in [0.25, 0.3) is 0 Å². The Hall–Kier alpha value is -1.09. The van der Waals surface area contributed by atoms with Gasteiger partial charge in [-0.25, -0.2) is 0 Å². The number of pyridine rings is 1. The van der Waals surface area contributed by atoms with Crippen molar-refractivity contribution in [1.29, 1.82) is 0 Å². The Bertz CT molecular complexity index is 283. The molecule has 1 aliphatic heterocycles. The number of nitrogens with zero attached hydrogens (tertiary/aromatic N) is 1. The van der Waals surface area contributed by atoms with Crippen molar-refractivity contribution in [2.24, 2.45) is 0 Å². The van der Waals surface area contributed by atoms with E-state index in [-0.39, 0.29) is 0 Å². The van der Waals surface area contributed by atoms with E-state index in [0.717, 1.165) is 25.2 Å². The summed E-state index contributed by atoms with van der Waals surface area (Å²) in [4.78, 5) is 4.39. The van der Waals surface area contributed by atoms with Crippen LogP contribution in [0.2, 0.25) is 0 Å². The number of hydrogen-bond acceptors (Lipinski definition) is 3. The molecule has 2 heterocycles. The third kappa shape index (κ3) is 1.28. The van der Waals surface area contributed by atoms with Crippen LogP contribution in [0.15, 0.2) is 12.3 Å². The summed E-state index contributed by atoms with van der Waals surface area (Å²) in [5.74, 6) is 0. The molecule has 0 fully saturated rings. The topological polar surface area (TPSA) is 37.0 Å². The zero-order chi connectivity index (χ0) is 8.39. The van der Waals surface area contributed by atoms with Crippen LogP contribution >= 0.6 is 0 Å². The maximum absolute atomic E-state index is 4.39. The molecule has 0 bridgehead atoms. The van der Waals surface area contributed by atoms with Crippen LogP contribution in [0, 0.1) is 0 Å². The molecule has 64 valence electrons. The van der Waals surface area contributed by atoms with Gasteiger partial charge >= 0.3 is 0 Å². The second-order valence-electron chi connectivity index (χ2n) is 3.01. The van der Waals surface area contributed by atoms with E-state index in [9.17, 15) is 0 Å². The molecule has 0 atom stereocenters. The van der Waals surface area contributed by atoms with Crippen LogP contribution in [0.4, 0.5) is 5.69 Å². The fourth-order valence-corrected chi connectivity index (χ4v) is 1.48. The molecule has 3 nitrogen and oxygen atoms in total. The number of nitrogens with one attached hydrogen (secondary N) is 2. The van der Waals surface area contributed by atoms with Gasteiger partial charge in [-0.05, 0) is 11.6 Å². The van der Waals surface area contributed by atoms with E-state index in [4.69, 9.17) is 0 Å². The summed E-state index contributed by atoms with van der Waals surface area (Å²) in [7, 11) is 1.92. The predicted molar refractivity (Wildman–Crippen MR) is 49.2 cm³/mol. The molecule has 0 saturated carbocycles. The zero-order valence-corrected chi connectivity index (χ0v) is 7.22. The van der Waals surface area contributed by atoms with Crippen LogP contribution in [0.5, 0.6) is 0 Å². The molecule has 1 aromatic heterocycles. The standard InChI is InChI=1S/C9H13N3/c1-10-8-4-7-5-11-3-2-9(7)12-6-8/h4,6,10-11H,2-3,5H2,1H3. The van der Waals surface area contributed by atoms with Crippen molar-refractivity contribution >= 4 is 5.69 Å². The lowest BCUT2D eigenvalue weighted by molar-refractivity contribution is 0.630. The molecule has 1 aliphatic rings. The van der Waals surface area contributed by atoms with E-state index in [1.54, 1.807) is 0 Å². The summed E-state index contributed by atoms with van der Waals surface area (Å²) in [6.07, 6.45) is 2.95. The number of rotatable bonds is 1. The summed E-state index contributed by atoms with van der Waals surface area (Å²) in [6.45, 7) is 2.01. The lowest BCUT2D eigenvalue weighted by Crippen LogP contribution is -2.24. The van der Waals surface area contributed by atoms with Crippen LogP contribution < -0.4 is 10.6 Å². The van der Waals surface area contributed by atoms with Gasteiger partial charge in [0.2, 0.25) is 0 Å². The smallest absolute Gasteiger partial charge is 0.0527 e. The Morgan fingerprint density at radius 1 is 1.58 bits per heavy atom. The van der Waals surface area contributed by atoms with Crippen molar-refractivity contribution < 1.29 is 0 Å². The highest BCUT2D eigenvalue weighted by Crippen LogP contribution is 2.15. The fourth-order valence-electron chi connectivity index (χ4n) is 1.48. The van der Waals surface area contributed by atoms with Crippen LogP contribution in [-0.2, 0) is 13.0 Å². The normalized spacial score (nSPS) is 15.4. The minimum Gasteiger partial charge on any atom is -0.387 e. The van der Waals surface area contributed by atoms with E-state index in [0.29, 0.717) is 0 Å². The second kappa shape index (κ2) is 3.11. The summed E-state index contributed by atoms with van der Waals surface area (Å²) >= 11 is 0. The Morgan fingerprint density at radius 3 is 3.33 bits per heavy atom. The van der Waals surface area contributed by atoms with Gasteiger partial charge in [0.05, 0.1) is 11.9 Å². The maximum Gasteiger partial charge on any atom is 0.0527 e. The van der Waals surface area contributed by atoms with Crippen molar-refractivity contribution in [3.05, 3.63) is 23.5 Å². The van der Waals surface area contributed by atoms with Gasteiger partial charge in [-0.3, -0.25) is 4.98 Å². The first-order valence-corrected chi connectivity index (χ1v) is 4.26. The maximum atomic E-state index is 4.39. The van der Waals surface area contributed by atoms with E-state index in [1.165, 1.54) is 11.3 Å². The van der Waals surface area contributed by atoms with Crippen LogP contribution in [0.1, 0.15) is 11.3 Å². The van der Waals surface area contributed by atoms with E-state index >= 15 is 0 Å². The molecular weight excluding hydrogens is 150 g/mol. The lowest BCUT2D eigenvalue weighted by Gasteiger charge is -2.16. The number of aromatic nitrogens is 1. The van der Waals surface area contributed by atoms with Gasteiger partial charge < -0.3 is 10.6 Å². The monoisotopic (exact) mass is 163 g/mol. The van der Waals surface area contributed by atoms with E-state index < -0.39 is 0 Å². The van der Waals surface area contributed by atoms with E-state index in [2.05, 4.69) is 21.7 Å². The first-order chi connectivity index (χ1) is 5.90. The Kier molecular flexibility index (Phi) is 1.96. The highest BCUT2D eigenvalue weighted by Gasteiger charge is 2.09. The molecule has 2 N–H and O–H groups in total. The molecular formula is C9H13N3. The molecule has 0 saturated heterocycles. The first kappa shape index (κ1) is 7.55. The Balaban J connectivity index is 2.36. The summed E-state index contributed by atoms with van der Waals surface area (Å²) in [6, 6.07) is 2.16. The molecule has 1 aromatic rings. The minimum absolute atomic E-state index is 0.956. The molecule has 0 aliphatic carbocycles. The van der Waals surface area contributed by atoms with Gasteiger partial charge in [-0.1, -0.05) is 0 Å². The summed E-state index contributed by atoms with van der Waals surface area (Å²) in [5.41, 5.74) is 3.67. The van der Waals surface area contributed by atoms with Gasteiger partial charge in [0.15, 0.2) is 0 Å². The van der Waals surface area contributed by atoms with Gasteiger partial charge in [0, 0.05) is 32.3 Å². The predicted octanol–water partition coefficient (Wildman–Crippen LogP) is 0.769. The quantitative estimate of drug-likeness (QED) is 0.642. The average molecular weight is 163 g/mol. The molecule has 0 radical (unpaired) electrons. The number of hydrogen-bond donors (Lipinski definition) is 2. The van der Waals surface area contributed by atoms with Crippen molar-refractivity contribution in [3.8, 4) is 0 Å². The molecule has 0 spiro atoms. The minimum atomic E-state index is 0.956. The largest absolute Gasteiger partial charge is 0.387 e. The summed E-state index contributed by atoms with van der Waals surface area (Å²) in [5, 5.41) is 6.41. The van der Waals surface area contributed by atoms with Crippen molar-refractivity contribution in [1.82, 2.24) is 10.3 Å². The molecule has 2 rings (SSSR count). The molecule has 3 heteroatoms. The van der Waals surface area contributed by atoms with Crippen LogP contribution in [0.3, 0.4) is 0 Å². The molecule has 0 aromatic carbocycles. The van der Waals surface area contributed by atoms with Crippen LogP contribution in [-0.4, -0.2) is 18.6 Å². The zero-order valence-electron chi connectivity index (χ0n) is 7.22. The molecule has 0 unspecified atom stereocenters. The average Bonchev–Trinajstić information content (AvgIpc) is 2.17. The van der Waals surface area contributed by atoms with Crippen LogP contribution in [0.25, 0.3) is 0 Å². The van der Waals surface area contributed by atoms with Gasteiger partial charge in [0.1, 0.15) is 0 Å². The highest BCUT2D eigenvalue weighted by atomic mass is 14.9. The van der Waals surface area contributed by atoms with Crippen molar-refractivity contribution in [3.63, 3.8) is 0 Å². The lowest BCUT2D eigenvalue weighted by atomic mass is 10.1. The molecule has 12 heavy (non-hydrogen) atoms. The second-order valence-corrected chi connectivity index (χ2v) is 3.01. The first-order valence-electron chi connectivity index (χ1n) is 4.26. The Labute approximate surface area is 72.2 Å². The SMILES string of the molecule is CNc1cnc2c(c1)CNCC2. The third-order valence-corrected chi connectivity index (χ3v) is 2.20. The number of fused-ring (bicyclic) bond motifs is 1. The fraction of sp³-hybridized carbons (Fsp3) is 0.444. The van der Waals surface area contributed by atoms with E-state index in [1.807, 2.05) is 13.2 Å². The summed E-state index contributed by atoms with van der Waals surface area (Å²) < 4.78 is 0.